The molecule has 0 bridgehead atoms. The minimum Gasteiger partial charge on any atom is -0.507 e. The Morgan fingerprint density at radius 2 is 0.905 bits per heavy atom. The van der Waals surface area contributed by atoms with Crippen molar-refractivity contribution >= 4 is 11.3 Å². The normalized spacial score (nSPS) is 11.2. The van der Waals surface area contributed by atoms with E-state index in [0.29, 0.717) is 11.5 Å². The molecule has 42 heavy (non-hydrogen) atoms. The van der Waals surface area contributed by atoms with E-state index < -0.39 is 0 Å². The van der Waals surface area contributed by atoms with Crippen molar-refractivity contribution in [2.75, 3.05) is 0 Å². The van der Waals surface area contributed by atoms with E-state index in [2.05, 4.69) is 59.1 Å². The summed E-state index contributed by atoms with van der Waals surface area (Å²) in [5, 5.41) is 25.5. The Bertz CT molecular complexity index is 1540. The first-order chi connectivity index (χ1) is 18.5. The summed E-state index contributed by atoms with van der Waals surface area (Å²) in [7, 11) is 0. The van der Waals surface area contributed by atoms with Crippen LogP contribution in [0.4, 0.5) is 0 Å². The molecule has 0 spiro atoms. The number of para-hydroxylation sites is 2. The number of hydrogen-bond acceptors (Lipinski definition) is 4. The zero-order valence-electron chi connectivity index (χ0n) is 25.9. The first kappa shape index (κ1) is 35.2. The van der Waals surface area contributed by atoms with Gasteiger partial charge in [0.1, 0.15) is 16.5 Å². The standard InChI is InChI=1S/C35H35NO2S.2CH3.Zr/c1-34(2,3)28-19-11-17-25(31(28)37)22-13-7-9-15-24(22)30-21-39-33(36-30)27-16-10-8-14-23(27)26-18-12-20-29(32(26)38)35(4,5)6;;;/h7-21,37-38H,1-6H3;2*1H3;/q;2*-1;+2. The summed E-state index contributed by atoms with van der Waals surface area (Å²) in [5.74, 6) is 0.626. The van der Waals surface area contributed by atoms with E-state index in [1.54, 1.807) is 11.3 Å². The quantitative estimate of drug-likeness (QED) is 0.190. The Hall–Kier alpha value is -3.01. The zero-order chi connectivity index (χ0) is 27.9. The Kier molecular flexibility index (Phi) is 11.3. The van der Waals surface area contributed by atoms with Crippen LogP contribution in [0.2, 0.25) is 0 Å². The molecule has 1 aromatic heterocycles. The molecule has 0 atom stereocenters. The number of thiazole rings is 1. The van der Waals surface area contributed by atoms with Gasteiger partial charge in [0.25, 0.3) is 0 Å². The minimum absolute atomic E-state index is 0. The van der Waals surface area contributed by atoms with Crippen LogP contribution in [0.5, 0.6) is 11.5 Å². The fourth-order valence-corrected chi connectivity index (χ4v) is 5.96. The molecule has 1 heterocycles. The number of phenols is 2. The molecular weight excluding hydrogens is 614 g/mol. The third kappa shape index (κ3) is 6.79. The molecule has 5 heteroatoms. The molecule has 4 aromatic carbocycles. The van der Waals surface area contributed by atoms with Crippen LogP contribution in [0.1, 0.15) is 52.7 Å². The van der Waals surface area contributed by atoms with Gasteiger partial charge in [0.2, 0.25) is 0 Å². The van der Waals surface area contributed by atoms with E-state index in [4.69, 9.17) is 4.98 Å². The third-order valence-electron chi connectivity index (χ3n) is 7.13. The van der Waals surface area contributed by atoms with Crippen LogP contribution < -0.4 is 0 Å². The van der Waals surface area contributed by atoms with Crippen LogP contribution in [0.3, 0.4) is 0 Å². The predicted octanol–water partition coefficient (Wildman–Crippen LogP) is 10.7. The molecule has 0 aliphatic heterocycles. The van der Waals surface area contributed by atoms with Gasteiger partial charge in [0.05, 0.1) is 5.69 Å². The predicted molar refractivity (Wildman–Crippen MR) is 177 cm³/mol. The van der Waals surface area contributed by atoms with Crippen molar-refractivity contribution in [3.8, 4) is 55.6 Å². The van der Waals surface area contributed by atoms with Crippen LogP contribution in [0.15, 0.2) is 90.3 Å². The zero-order valence-corrected chi connectivity index (χ0v) is 29.2. The average Bonchev–Trinajstić information content (AvgIpc) is 3.38. The molecule has 0 saturated heterocycles. The number of benzene rings is 4. The molecule has 0 unspecified atom stereocenters. The van der Waals surface area contributed by atoms with Gasteiger partial charge in [-0.2, -0.15) is 0 Å². The van der Waals surface area contributed by atoms with Gasteiger partial charge in [0, 0.05) is 27.6 Å². The number of rotatable bonds is 4. The second-order valence-corrected chi connectivity index (χ2v) is 12.9. The molecule has 0 aliphatic carbocycles. The van der Waals surface area contributed by atoms with Gasteiger partial charge in [-0.3, -0.25) is 0 Å². The van der Waals surface area contributed by atoms with Crippen LogP contribution in [0.25, 0.3) is 44.1 Å². The van der Waals surface area contributed by atoms with Crippen molar-refractivity contribution in [2.24, 2.45) is 0 Å². The molecule has 0 saturated carbocycles. The summed E-state index contributed by atoms with van der Waals surface area (Å²) in [6.07, 6.45) is 0. The molecule has 2 N–H and O–H groups in total. The molecule has 216 valence electrons. The first-order valence-electron chi connectivity index (χ1n) is 13.3. The van der Waals surface area contributed by atoms with E-state index >= 15 is 0 Å². The Morgan fingerprint density at radius 3 is 1.36 bits per heavy atom. The summed E-state index contributed by atoms with van der Waals surface area (Å²) in [5.41, 5.74) is 7.78. The van der Waals surface area contributed by atoms with Crippen molar-refractivity contribution in [3.63, 3.8) is 0 Å². The minimum atomic E-state index is -0.178. The number of phenolic OH excluding ortho intramolecular Hbond substituents is 2. The summed E-state index contributed by atoms with van der Waals surface area (Å²) in [6, 6.07) is 28.1. The van der Waals surface area contributed by atoms with Crippen LogP contribution in [-0.2, 0) is 37.0 Å². The molecule has 3 nitrogen and oxygen atoms in total. The number of hydrogen-bond donors (Lipinski definition) is 2. The van der Waals surface area contributed by atoms with Crippen molar-refractivity contribution in [2.45, 2.75) is 52.4 Å². The maximum Gasteiger partial charge on any atom is 2.00 e. The maximum atomic E-state index is 11.3. The van der Waals surface area contributed by atoms with E-state index in [1.165, 1.54) is 0 Å². The van der Waals surface area contributed by atoms with Crippen LogP contribution in [-0.4, -0.2) is 15.2 Å². The number of aromatic hydroxyl groups is 2. The topological polar surface area (TPSA) is 53.4 Å². The molecule has 0 radical (unpaired) electrons. The van der Waals surface area contributed by atoms with Gasteiger partial charge < -0.3 is 25.1 Å². The van der Waals surface area contributed by atoms with Crippen molar-refractivity contribution in [1.82, 2.24) is 4.98 Å². The van der Waals surface area contributed by atoms with E-state index in [0.717, 1.165) is 55.2 Å². The van der Waals surface area contributed by atoms with Crippen LogP contribution >= 0.6 is 11.3 Å². The van der Waals surface area contributed by atoms with E-state index in [1.807, 2.05) is 72.8 Å². The van der Waals surface area contributed by atoms with Gasteiger partial charge in [0.15, 0.2) is 0 Å². The molecule has 0 aliphatic rings. The molecule has 0 amide bonds. The van der Waals surface area contributed by atoms with Crippen molar-refractivity contribution in [1.29, 1.82) is 0 Å². The van der Waals surface area contributed by atoms with Gasteiger partial charge in [-0.05, 0) is 33.1 Å². The third-order valence-corrected chi connectivity index (χ3v) is 8.01. The SMILES string of the molecule is CC(C)(C)c1cccc(-c2ccccc2-c2csc(-c3ccccc3-c3cccc(C(C)(C)C)c3O)n2)c1O.[CH3-].[CH3-].[Zr+2]. The first-order valence-corrected chi connectivity index (χ1v) is 14.1. The fourth-order valence-electron chi connectivity index (χ4n) is 5.10. The second-order valence-electron chi connectivity index (χ2n) is 12.0. The van der Waals surface area contributed by atoms with Gasteiger partial charge >= 0.3 is 26.2 Å². The van der Waals surface area contributed by atoms with Gasteiger partial charge in [-0.1, -0.05) is 126 Å². The average molecular weight is 655 g/mol. The van der Waals surface area contributed by atoms with Gasteiger partial charge in [-0.25, -0.2) is 4.98 Å². The number of aromatic nitrogens is 1. The Morgan fingerprint density at radius 1 is 0.524 bits per heavy atom. The van der Waals surface area contributed by atoms with Gasteiger partial charge in [-0.15, -0.1) is 11.3 Å². The Labute approximate surface area is 275 Å². The Balaban J connectivity index is 0.00000205. The van der Waals surface area contributed by atoms with Crippen LogP contribution in [0, 0.1) is 14.9 Å². The molecule has 5 aromatic rings. The monoisotopic (exact) mass is 653 g/mol. The molecular formula is C37H41NO2SZr. The molecule has 0 fully saturated rings. The maximum absolute atomic E-state index is 11.3. The van der Waals surface area contributed by atoms with Crippen molar-refractivity contribution < 1.29 is 36.4 Å². The molecule has 5 rings (SSSR count). The smallest absolute Gasteiger partial charge is 0.507 e. The second kappa shape index (κ2) is 13.5. The van der Waals surface area contributed by atoms with E-state index in [-0.39, 0.29) is 51.9 Å². The summed E-state index contributed by atoms with van der Waals surface area (Å²) < 4.78 is 0. The fraction of sp³-hybridized carbons (Fsp3) is 0.216. The summed E-state index contributed by atoms with van der Waals surface area (Å²) in [6.45, 7) is 12.6. The van der Waals surface area contributed by atoms with E-state index in [9.17, 15) is 10.2 Å². The largest absolute Gasteiger partial charge is 2.00 e. The summed E-state index contributed by atoms with van der Waals surface area (Å²) >= 11 is 1.58. The van der Waals surface area contributed by atoms with Crippen molar-refractivity contribution in [3.05, 3.63) is 116 Å². The number of nitrogens with zero attached hydrogens (tertiary/aromatic N) is 1. The summed E-state index contributed by atoms with van der Waals surface area (Å²) in [4.78, 5) is 5.08.